The lowest BCUT2D eigenvalue weighted by atomic mass is 9.92. The Labute approximate surface area is 198 Å². The van der Waals surface area contributed by atoms with E-state index in [-0.39, 0.29) is 23.1 Å². The van der Waals surface area contributed by atoms with Gasteiger partial charge in [0, 0.05) is 32.0 Å². The normalized spacial score (nSPS) is 11.2. The first-order chi connectivity index (χ1) is 15.6. The van der Waals surface area contributed by atoms with Crippen LogP contribution in [0.5, 0.6) is 11.5 Å². The topological polar surface area (TPSA) is 67.9 Å². The smallest absolute Gasteiger partial charge is 0.225 e. The van der Waals surface area contributed by atoms with Crippen molar-refractivity contribution in [3.05, 3.63) is 59.7 Å². The van der Waals surface area contributed by atoms with Gasteiger partial charge in [-0.25, -0.2) is 0 Å². The molecule has 0 spiro atoms. The van der Waals surface area contributed by atoms with E-state index in [2.05, 4.69) is 5.32 Å². The summed E-state index contributed by atoms with van der Waals surface area (Å²) in [6.45, 7) is 11.6. The highest BCUT2D eigenvalue weighted by molar-refractivity contribution is 5.78. The molecule has 6 nitrogen and oxygen atoms in total. The van der Waals surface area contributed by atoms with Crippen LogP contribution in [0.25, 0.3) is 0 Å². The minimum absolute atomic E-state index is 0.000956. The number of ether oxygens (including phenoxy) is 2. The maximum absolute atomic E-state index is 12.8. The van der Waals surface area contributed by atoms with Crippen molar-refractivity contribution in [3.63, 3.8) is 0 Å². The molecular formula is C27H38N2O4. The van der Waals surface area contributed by atoms with Crippen molar-refractivity contribution in [2.75, 3.05) is 20.2 Å². The highest BCUT2D eigenvalue weighted by Gasteiger charge is 2.20. The lowest BCUT2D eigenvalue weighted by Crippen LogP contribution is -2.40. The van der Waals surface area contributed by atoms with Crippen LogP contribution in [0, 0.1) is 11.3 Å². The van der Waals surface area contributed by atoms with Crippen molar-refractivity contribution in [2.24, 2.45) is 11.3 Å². The monoisotopic (exact) mass is 454 g/mol. The molecule has 0 heterocycles. The number of carbonyl (C=O) groups excluding carboxylic acids is 2. The van der Waals surface area contributed by atoms with Crippen molar-refractivity contribution in [2.45, 2.75) is 54.2 Å². The summed E-state index contributed by atoms with van der Waals surface area (Å²) in [6.07, 6.45) is 0.451. The van der Waals surface area contributed by atoms with Gasteiger partial charge < -0.3 is 19.7 Å². The first-order valence-corrected chi connectivity index (χ1v) is 11.5. The first-order valence-electron chi connectivity index (χ1n) is 11.5. The van der Waals surface area contributed by atoms with Crippen molar-refractivity contribution in [1.82, 2.24) is 10.2 Å². The van der Waals surface area contributed by atoms with E-state index >= 15 is 0 Å². The highest BCUT2D eigenvalue weighted by Crippen LogP contribution is 2.29. The van der Waals surface area contributed by atoms with Crippen LogP contribution in [-0.4, -0.2) is 36.9 Å². The van der Waals surface area contributed by atoms with Crippen molar-refractivity contribution < 1.29 is 19.1 Å². The van der Waals surface area contributed by atoms with E-state index in [1.807, 2.05) is 83.1 Å². The molecule has 2 aromatic carbocycles. The molecule has 0 saturated carbocycles. The molecule has 2 aromatic rings. The Balaban J connectivity index is 2.03. The maximum Gasteiger partial charge on any atom is 0.225 e. The van der Waals surface area contributed by atoms with Gasteiger partial charge in [0.25, 0.3) is 0 Å². The second-order valence-corrected chi connectivity index (χ2v) is 9.76. The van der Waals surface area contributed by atoms with Gasteiger partial charge in [0.1, 0.15) is 6.61 Å². The van der Waals surface area contributed by atoms with Gasteiger partial charge in [-0.3, -0.25) is 9.59 Å². The minimum atomic E-state index is -0.134. The minimum Gasteiger partial charge on any atom is -0.493 e. The van der Waals surface area contributed by atoms with E-state index in [1.165, 1.54) is 0 Å². The number of nitrogens with one attached hydrogen (secondary N) is 1. The number of nitrogens with zero attached hydrogens (tertiary/aromatic N) is 1. The molecule has 0 aliphatic rings. The van der Waals surface area contributed by atoms with Crippen LogP contribution in [0.1, 0.15) is 52.2 Å². The molecule has 0 radical (unpaired) electrons. The predicted octanol–water partition coefficient (Wildman–Crippen LogP) is 4.81. The van der Waals surface area contributed by atoms with E-state index in [0.29, 0.717) is 44.2 Å². The van der Waals surface area contributed by atoms with Crippen molar-refractivity contribution >= 4 is 11.8 Å². The zero-order chi connectivity index (χ0) is 24.4. The van der Waals surface area contributed by atoms with Gasteiger partial charge in [-0.05, 0) is 28.7 Å². The molecule has 0 saturated heterocycles. The summed E-state index contributed by atoms with van der Waals surface area (Å²) >= 11 is 0. The Morgan fingerprint density at radius 1 is 1.00 bits per heavy atom. The van der Waals surface area contributed by atoms with E-state index in [9.17, 15) is 9.59 Å². The van der Waals surface area contributed by atoms with Crippen LogP contribution >= 0.6 is 0 Å². The van der Waals surface area contributed by atoms with Crippen molar-refractivity contribution in [1.29, 1.82) is 0 Å². The van der Waals surface area contributed by atoms with Gasteiger partial charge in [-0.15, -0.1) is 0 Å². The molecule has 0 bridgehead atoms. The van der Waals surface area contributed by atoms with E-state index < -0.39 is 0 Å². The van der Waals surface area contributed by atoms with Crippen LogP contribution in [0.15, 0.2) is 48.5 Å². The summed E-state index contributed by atoms with van der Waals surface area (Å²) < 4.78 is 11.5. The number of methoxy groups -OCH3 is 1. The van der Waals surface area contributed by atoms with Gasteiger partial charge >= 0.3 is 0 Å². The van der Waals surface area contributed by atoms with Gasteiger partial charge in [0.2, 0.25) is 11.8 Å². The molecule has 6 heteroatoms. The molecule has 0 aliphatic carbocycles. The zero-order valence-electron chi connectivity index (χ0n) is 20.8. The van der Waals surface area contributed by atoms with Gasteiger partial charge in [0.15, 0.2) is 11.5 Å². The third-order valence-electron chi connectivity index (χ3n) is 5.04. The second-order valence-electron chi connectivity index (χ2n) is 9.76. The summed E-state index contributed by atoms with van der Waals surface area (Å²) in [6, 6.07) is 15.7. The van der Waals surface area contributed by atoms with Crippen LogP contribution in [0.3, 0.4) is 0 Å². The largest absolute Gasteiger partial charge is 0.493 e. The summed E-state index contributed by atoms with van der Waals surface area (Å²) in [5, 5.41) is 2.94. The number of amides is 2. The fourth-order valence-corrected chi connectivity index (χ4v) is 3.39. The third-order valence-corrected chi connectivity index (χ3v) is 5.04. The van der Waals surface area contributed by atoms with Gasteiger partial charge in [0.05, 0.1) is 7.11 Å². The van der Waals surface area contributed by atoms with E-state index in [0.717, 1.165) is 11.1 Å². The Morgan fingerprint density at radius 2 is 1.70 bits per heavy atom. The first kappa shape index (κ1) is 26.2. The number of hydrogen-bond acceptors (Lipinski definition) is 4. The van der Waals surface area contributed by atoms with Crippen LogP contribution in [-0.2, 0) is 22.7 Å². The standard InChI is InChI=1S/C27H38N2O4/c1-20(2)26(31)29(15-14-28-25(30)17-27(3,4)5)18-22-12-13-23(24(16-22)32-6)33-19-21-10-8-7-9-11-21/h7-13,16,20H,14-15,17-19H2,1-6H3,(H,28,30). The quantitative estimate of drug-likeness (QED) is 0.529. The Kier molecular flexibility index (Phi) is 9.76. The fraction of sp³-hybridized carbons (Fsp3) is 0.481. The molecule has 2 rings (SSSR count). The SMILES string of the molecule is COc1cc(CN(CCNC(=O)CC(C)(C)C)C(=O)C(C)C)ccc1OCc1ccccc1. The molecule has 2 amide bonds. The Bertz CT molecular complexity index is 904. The van der Waals surface area contributed by atoms with Crippen LogP contribution < -0.4 is 14.8 Å². The average Bonchev–Trinajstić information content (AvgIpc) is 2.76. The molecule has 0 aromatic heterocycles. The number of benzene rings is 2. The van der Waals surface area contributed by atoms with E-state index in [1.54, 1.807) is 12.0 Å². The van der Waals surface area contributed by atoms with Gasteiger partial charge in [-0.2, -0.15) is 0 Å². The molecule has 33 heavy (non-hydrogen) atoms. The van der Waals surface area contributed by atoms with E-state index in [4.69, 9.17) is 9.47 Å². The molecule has 0 unspecified atom stereocenters. The Hall–Kier alpha value is -3.02. The highest BCUT2D eigenvalue weighted by atomic mass is 16.5. The lowest BCUT2D eigenvalue weighted by Gasteiger charge is -2.26. The molecule has 0 atom stereocenters. The zero-order valence-corrected chi connectivity index (χ0v) is 20.8. The molecule has 180 valence electrons. The molecular weight excluding hydrogens is 416 g/mol. The third kappa shape index (κ3) is 9.16. The summed E-state index contributed by atoms with van der Waals surface area (Å²) in [5.74, 6) is 1.19. The van der Waals surface area contributed by atoms with Crippen LogP contribution in [0.2, 0.25) is 0 Å². The number of hydrogen-bond donors (Lipinski definition) is 1. The summed E-state index contributed by atoms with van der Waals surface area (Å²) in [5.41, 5.74) is 1.94. The molecule has 0 fully saturated rings. The lowest BCUT2D eigenvalue weighted by molar-refractivity contribution is -0.135. The number of carbonyl (C=O) groups is 2. The van der Waals surface area contributed by atoms with Gasteiger partial charge in [-0.1, -0.05) is 71.0 Å². The van der Waals surface area contributed by atoms with Crippen molar-refractivity contribution in [3.8, 4) is 11.5 Å². The average molecular weight is 455 g/mol. The molecule has 1 N–H and O–H groups in total. The van der Waals surface area contributed by atoms with Crippen LogP contribution in [0.4, 0.5) is 0 Å². The fourth-order valence-electron chi connectivity index (χ4n) is 3.39. The number of rotatable bonds is 11. The summed E-state index contributed by atoms with van der Waals surface area (Å²) in [4.78, 5) is 26.7. The summed E-state index contributed by atoms with van der Waals surface area (Å²) in [7, 11) is 1.61. The maximum atomic E-state index is 12.8. The predicted molar refractivity (Wildman–Crippen MR) is 131 cm³/mol. The molecule has 0 aliphatic heterocycles. The second kappa shape index (κ2) is 12.3. The Morgan fingerprint density at radius 3 is 2.30 bits per heavy atom.